The number of carbonyl (C=O) groups excluding carboxylic acids is 1. The van der Waals surface area contributed by atoms with Crippen molar-refractivity contribution in [2.75, 3.05) is 46.3 Å². The summed E-state index contributed by atoms with van der Waals surface area (Å²) in [6.45, 7) is 8.35. The average Bonchev–Trinajstić information content (AvgIpc) is 2.60. The van der Waals surface area contributed by atoms with E-state index in [4.69, 9.17) is 0 Å². The predicted molar refractivity (Wildman–Crippen MR) is 98.8 cm³/mol. The molecule has 2 aliphatic heterocycles. The molecule has 3 heterocycles. The predicted octanol–water partition coefficient (Wildman–Crippen LogP) is 0.873. The first-order valence-corrected chi connectivity index (χ1v) is 9.33. The highest BCUT2D eigenvalue weighted by Crippen LogP contribution is 2.21. The second-order valence-electron chi connectivity index (χ2n) is 7.68. The van der Waals surface area contributed by atoms with Crippen LogP contribution in [0.4, 0.5) is 0 Å². The van der Waals surface area contributed by atoms with Gasteiger partial charge in [0.15, 0.2) is 0 Å². The van der Waals surface area contributed by atoms with E-state index in [1.807, 2.05) is 4.90 Å². The molecule has 2 fully saturated rings. The lowest BCUT2D eigenvalue weighted by Gasteiger charge is -2.41. The van der Waals surface area contributed by atoms with Crippen molar-refractivity contribution in [2.45, 2.75) is 25.8 Å². The first-order valence-electron chi connectivity index (χ1n) is 9.33. The number of pyridine rings is 1. The van der Waals surface area contributed by atoms with Gasteiger partial charge in [-0.2, -0.15) is 0 Å². The van der Waals surface area contributed by atoms with Gasteiger partial charge in [0.05, 0.1) is 0 Å². The standard InChI is InChI=1S/C19H30N4O2/c1-15-13-20(2)11-12-23(15)14-16-6-9-22(10-7-16)19(25)17-5-4-8-21(3)18(17)24/h4-5,8,15-16H,6-7,9-14H2,1-3H3/t15-/m1/s1. The number of aromatic nitrogens is 1. The summed E-state index contributed by atoms with van der Waals surface area (Å²) in [5, 5.41) is 0. The van der Waals surface area contributed by atoms with Crippen LogP contribution in [0, 0.1) is 5.92 Å². The van der Waals surface area contributed by atoms with Gasteiger partial charge in [-0.25, -0.2) is 0 Å². The molecule has 0 radical (unpaired) electrons. The van der Waals surface area contributed by atoms with Gasteiger partial charge in [0.25, 0.3) is 11.5 Å². The summed E-state index contributed by atoms with van der Waals surface area (Å²) in [5.41, 5.74) is 0.0806. The maximum atomic E-state index is 12.7. The molecule has 0 saturated carbocycles. The zero-order valence-corrected chi connectivity index (χ0v) is 15.6. The Morgan fingerprint density at radius 2 is 1.88 bits per heavy atom. The summed E-state index contributed by atoms with van der Waals surface area (Å²) >= 11 is 0. The first-order chi connectivity index (χ1) is 12.0. The number of likely N-dealkylation sites (tertiary alicyclic amines) is 1. The molecule has 0 aromatic carbocycles. The fourth-order valence-electron chi connectivity index (χ4n) is 4.03. The van der Waals surface area contributed by atoms with Crippen LogP contribution in [0.2, 0.25) is 0 Å². The van der Waals surface area contributed by atoms with Crippen LogP contribution in [0.3, 0.4) is 0 Å². The fourth-order valence-corrected chi connectivity index (χ4v) is 4.03. The van der Waals surface area contributed by atoms with Gasteiger partial charge in [0.1, 0.15) is 5.56 Å². The van der Waals surface area contributed by atoms with Crippen LogP contribution in [0.15, 0.2) is 23.1 Å². The van der Waals surface area contributed by atoms with E-state index in [1.54, 1.807) is 25.4 Å². The fraction of sp³-hybridized carbons (Fsp3) is 0.684. The molecule has 138 valence electrons. The van der Waals surface area contributed by atoms with E-state index >= 15 is 0 Å². The molecule has 6 heteroatoms. The van der Waals surface area contributed by atoms with Crippen LogP contribution in [0.25, 0.3) is 0 Å². The van der Waals surface area contributed by atoms with Gasteiger partial charge >= 0.3 is 0 Å². The second kappa shape index (κ2) is 7.70. The van der Waals surface area contributed by atoms with E-state index in [-0.39, 0.29) is 17.0 Å². The van der Waals surface area contributed by atoms with Crippen LogP contribution < -0.4 is 5.56 Å². The van der Waals surface area contributed by atoms with Crippen LogP contribution in [0.5, 0.6) is 0 Å². The van der Waals surface area contributed by atoms with Crippen molar-refractivity contribution in [1.82, 2.24) is 19.3 Å². The number of amides is 1. The van der Waals surface area contributed by atoms with Gasteiger partial charge in [0.2, 0.25) is 0 Å². The van der Waals surface area contributed by atoms with Crippen LogP contribution in [-0.2, 0) is 7.05 Å². The number of carbonyl (C=O) groups is 1. The number of hydrogen-bond acceptors (Lipinski definition) is 4. The smallest absolute Gasteiger partial charge is 0.263 e. The van der Waals surface area contributed by atoms with Gasteiger partial charge in [-0.1, -0.05) is 0 Å². The third kappa shape index (κ3) is 4.12. The largest absolute Gasteiger partial charge is 0.338 e. The molecule has 2 saturated heterocycles. The Balaban J connectivity index is 1.54. The van der Waals surface area contributed by atoms with E-state index in [1.165, 1.54) is 4.57 Å². The molecule has 0 spiro atoms. The number of aryl methyl sites for hydroxylation is 1. The molecule has 25 heavy (non-hydrogen) atoms. The molecule has 1 aromatic heterocycles. The number of piperazine rings is 1. The minimum Gasteiger partial charge on any atom is -0.338 e. The Labute approximate surface area is 150 Å². The highest BCUT2D eigenvalue weighted by atomic mass is 16.2. The molecule has 1 amide bonds. The Hall–Kier alpha value is -1.66. The quantitative estimate of drug-likeness (QED) is 0.815. The van der Waals surface area contributed by atoms with Gasteiger partial charge in [-0.15, -0.1) is 0 Å². The third-order valence-electron chi connectivity index (χ3n) is 5.72. The minimum atomic E-state index is -0.208. The SMILES string of the molecule is C[C@@H]1CN(C)CCN1CC1CCN(C(=O)c2cccn(C)c2=O)CC1. The highest BCUT2D eigenvalue weighted by molar-refractivity contribution is 5.93. The van der Waals surface area contributed by atoms with Crippen molar-refractivity contribution in [2.24, 2.45) is 13.0 Å². The number of likely N-dealkylation sites (N-methyl/N-ethyl adjacent to an activating group) is 1. The molecule has 0 N–H and O–H groups in total. The lowest BCUT2D eigenvalue weighted by atomic mass is 9.95. The minimum absolute atomic E-state index is 0.118. The lowest BCUT2D eigenvalue weighted by Crippen LogP contribution is -2.52. The van der Waals surface area contributed by atoms with Crippen LogP contribution >= 0.6 is 0 Å². The molecule has 0 bridgehead atoms. The Kier molecular flexibility index (Phi) is 5.59. The van der Waals surface area contributed by atoms with Gasteiger partial charge in [0, 0.05) is 58.6 Å². The average molecular weight is 346 g/mol. The van der Waals surface area contributed by atoms with E-state index in [2.05, 4.69) is 23.8 Å². The number of piperidine rings is 1. The summed E-state index contributed by atoms with van der Waals surface area (Å²) in [5.74, 6) is 0.529. The Morgan fingerprint density at radius 3 is 2.56 bits per heavy atom. The maximum absolute atomic E-state index is 12.7. The number of hydrogen-bond donors (Lipinski definition) is 0. The van der Waals surface area contributed by atoms with Crippen molar-refractivity contribution < 1.29 is 4.79 Å². The molecule has 3 rings (SSSR count). The highest BCUT2D eigenvalue weighted by Gasteiger charge is 2.29. The molecule has 1 aromatic rings. The molecular weight excluding hydrogens is 316 g/mol. The monoisotopic (exact) mass is 346 g/mol. The molecule has 6 nitrogen and oxygen atoms in total. The van der Waals surface area contributed by atoms with Crippen molar-refractivity contribution in [3.8, 4) is 0 Å². The first kappa shape index (κ1) is 18.1. The lowest BCUT2D eigenvalue weighted by molar-refractivity contribution is 0.0555. The van der Waals surface area contributed by atoms with E-state index in [9.17, 15) is 9.59 Å². The normalized spacial score (nSPS) is 23.8. The van der Waals surface area contributed by atoms with E-state index in [0.717, 1.165) is 52.1 Å². The topological polar surface area (TPSA) is 48.8 Å². The summed E-state index contributed by atoms with van der Waals surface area (Å²) < 4.78 is 1.47. The van der Waals surface area contributed by atoms with E-state index in [0.29, 0.717) is 12.0 Å². The molecule has 0 unspecified atom stereocenters. The second-order valence-corrected chi connectivity index (χ2v) is 7.68. The van der Waals surface area contributed by atoms with Gasteiger partial charge in [-0.3, -0.25) is 14.5 Å². The van der Waals surface area contributed by atoms with Crippen molar-refractivity contribution >= 4 is 5.91 Å². The maximum Gasteiger partial charge on any atom is 0.263 e. The molecule has 2 aliphatic rings. The number of nitrogens with zero attached hydrogens (tertiary/aromatic N) is 4. The Morgan fingerprint density at radius 1 is 1.16 bits per heavy atom. The van der Waals surface area contributed by atoms with Crippen molar-refractivity contribution in [1.29, 1.82) is 0 Å². The van der Waals surface area contributed by atoms with Crippen molar-refractivity contribution in [3.63, 3.8) is 0 Å². The third-order valence-corrected chi connectivity index (χ3v) is 5.72. The summed E-state index contributed by atoms with van der Waals surface area (Å²) in [6.07, 6.45) is 3.73. The summed E-state index contributed by atoms with van der Waals surface area (Å²) in [4.78, 5) is 31.6. The summed E-state index contributed by atoms with van der Waals surface area (Å²) in [7, 11) is 3.87. The van der Waals surface area contributed by atoms with Crippen LogP contribution in [0.1, 0.15) is 30.1 Å². The van der Waals surface area contributed by atoms with E-state index < -0.39 is 0 Å². The Bertz CT molecular complexity index is 664. The van der Waals surface area contributed by atoms with Crippen LogP contribution in [-0.4, -0.2) is 77.5 Å². The summed E-state index contributed by atoms with van der Waals surface area (Å²) in [6, 6.07) is 4.00. The molecule has 1 atom stereocenters. The molecular formula is C19H30N4O2. The number of rotatable bonds is 3. The van der Waals surface area contributed by atoms with Crippen molar-refractivity contribution in [3.05, 3.63) is 34.2 Å². The van der Waals surface area contributed by atoms with Gasteiger partial charge < -0.3 is 14.4 Å². The molecule has 0 aliphatic carbocycles. The zero-order valence-electron chi connectivity index (χ0n) is 15.6. The zero-order chi connectivity index (χ0) is 18.0. The van der Waals surface area contributed by atoms with Gasteiger partial charge in [-0.05, 0) is 44.9 Å².